The average Bonchev–Trinajstić information content (AvgIpc) is 3.21. The number of carbonyl (C=O) groups excluding carboxylic acids is 1. The second-order valence-electron chi connectivity index (χ2n) is 5.76. The van der Waals surface area contributed by atoms with Crippen LogP contribution in [0.15, 0.2) is 59.3 Å². The zero-order valence-corrected chi connectivity index (χ0v) is 15.0. The van der Waals surface area contributed by atoms with Gasteiger partial charge in [-0.25, -0.2) is 0 Å². The van der Waals surface area contributed by atoms with Gasteiger partial charge in [-0.05, 0) is 30.3 Å². The number of hydrogen-bond acceptors (Lipinski definition) is 3. The second-order valence-corrected chi connectivity index (χ2v) is 6.62. The first-order chi connectivity index (χ1) is 12.2. The van der Waals surface area contributed by atoms with Gasteiger partial charge >= 0.3 is 0 Å². The molecule has 6 nitrogen and oxygen atoms in total. The summed E-state index contributed by atoms with van der Waals surface area (Å²) in [5.41, 5.74) is 1.85. The third kappa shape index (κ3) is 3.15. The summed E-state index contributed by atoms with van der Waals surface area (Å²) >= 11 is 3.53. The minimum absolute atomic E-state index is 0.0219. The summed E-state index contributed by atoms with van der Waals surface area (Å²) in [5.74, 6) is 0.817. The number of pyridine rings is 1. The summed E-state index contributed by atoms with van der Waals surface area (Å²) in [6.45, 7) is 0.817. The summed E-state index contributed by atoms with van der Waals surface area (Å²) < 4.78 is 4.91. The number of carbonyl (C=O) groups is 1. The van der Waals surface area contributed by atoms with E-state index in [1.165, 1.54) is 0 Å². The van der Waals surface area contributed by atoms with Crippen molar-refractivity contribution in [1.82, 2.24) is 24.5 Å². The molecule has 3 aromatic heterocycles. The fourth-order valence-corrected chi connectivity index (χ4v) is 3.40. The van der Waals surface area contributed by atoms with Crippen LogP contribution in [0.4, 0.5) is 0 Å². The predicted octanol–water partition coefficient (Wildman–Crippen LogP) is 2.81. The standard InChI is InChI=1S/C18H16BrN5O/c19-14-4-3-5-15-13(14)8-11-23(15)12-18(25)20-9-7-17-22-21-16-6-1-2-10-24(16)17/h1-6,8,10-11H,7,9,12H2,(H,20,25). The van der Waals surface area contributed by atoms with Gasteiger partial charge in [0, 0.05) is 40.7 Å². The van der Waals surface area contributed by atoms with Crippen molar-refractivity contribution in [3.05, 3.63) is 65.2 Å². The maximum atomic E-state index is 12.2. The molecular weight excluding hydrogens is 382 g/mol. The van der Waals surface area contributed by atoms with Gasteiger partial charge < -0.3 is 9.88 Å². The van der Waals surface area contributed by atoms with Gasteiger partial charge in [0.1, 0.15) is 12.4 Å². The van der Waals surface area contributed by atoms with E-state index in [-0.39, 0.29) is 5.91 Å². The number of benzene rings is 1. The highest BCUT2D eigenvalue weighted by Gasteiger charge is 2.09. The van der Waals surface area contributed by atoms with E-state index < -0.39 is 0 Å². The highest BCUT2D eigenvalue weighted by molar-refractivity contribution is 9.10. The molecule has 1 N–H and O–H groups in total. The molecule has 1 aromatic carbocycles. The molecule has 0 atom stereocenters. The Bertz CT molecular complexity index is 1050. The summed E-state index contributed by atoms with van der Waals surface area (Å²) in [5, 5.41) is 12.3. The number of nitrogens with zero attached hydrogens (tertiary/aromatic N) is 4. The molecule has 0 fully saturated rings. The normalized spacial score (nSPS) is 11.2. The third-order valence-electron chi connectivity index (χ3n) is 4.13. The van der Waals surface area contributed by atoms with Crippen LogP contribution in [0.1, 0.15) is 5.82 Å². The maximum absolute atomic E-state index is 12.2. The topological polar surface area (TPSA) is 64.2 Å². The molecular formula is C18H16BrN5O. The Balaban J connectivity index is 1.38. The molecule has 126 valence electrons. The van der Waals surface area contributed by atoms with E-state index in [1.807, 2.05) is 63.8 Å². The molecule has 0 radical (unpaired) electrons. The minimum atomic E-state index is -0.0219. The number of rotatable bonds is 5. The zero-order valence-electron chi connectivity index (χ0n) is 13.4. The van der Waals surface area contributed by atoms with Gasteiger partial charge in [-0.2, -0.15) is 0 Å². The van der Waals surface area contributed by atoms with E-state index in [1.54, 1.807) is 0 Å². The average molecular weight is 398 g/mol. The lowest BCUT2D eigenvalue weighted by molar-refractivity contribution is -0.121. The zero-order chi connectivity index (χ0) is 17.2. The van der Waals surface area contributed by atoms with Gasteiger partial charge in [-0.15, -0.1) is 10.2 Å². The fourth-order valence-electron chi connectivity index (χ4n) is 2.91. The predicted molar refractivity (Wildman–Crippen MR) is 99.3 cm³/mol. The lowest BCUT2D eigenvalue weighted by Gasteiger charge is -2.07. The van der Waals surface area contributed by atoms with Crippen LogP contribution in [-0.4, -0.2) is 31.6 Å². The first-order valence-electron chi connectivity index (χ1n) is 8.01. The Kier molecular flexibility index (Phi) is 4.23. The molecule has 0 bridgehead atoms. The van der Waals surface area contributed by atoms with Crippen molar-refractivity contribution in [2.45, 2.75) is 13.0 Å². The molecule has 0 unspecified atom stereocenters. The van der Waals surface area contributed by atoms with E-state index in [0.717, 1.165) is 26.8 Å². The summed E-state index contributed by atoms with van der Waals surface area (Å²) in [7, 11) is 0. The number of nitrogens with one attached hydrogen (secondary N) is 1. The van der Waals surface area contributed by atoms with Crippen molar-refractivity contribution in [1.29, 1.82) is 0 Å². The van der Waals surface area contributed by atoms with Crippen molar-refractivity contribution in [2.75, 3.05) is 6.54 Å². The molecule has 0 saturated carbocycles. The largest absolute Gasteiger partial charge is 0.354 e. The van der Waals surface area contributed by atoms with Gasteiger partial charge in [0.2, 0.25) is 5.91 Å². The lowest BCUT2D eigenvalue weighted by Crippen LogP contribution is -2.29. The van der Waals surface area contributed by atoms with Crippen LogP contribution in [0.3, 0.4) is 0 Å². The van der Waals surface area contributed by atoms with E-state index in [4.69, 9.17) is 0 Å². The Labute approximate surface area is 152 Å². The van der Waals surface area contributed by atoms with Crippen molar-refractivity contribution < 1.29 is 4.79 Å². The molecule has 0 aliphatic rings. The van der Waals surface area contributed by atoms with Crippen LogP contribution in [0, 0.1) is 0 Å². The molecule has 0 spiro atoms. The molecule has 7 heteroatoms. The second kappa shape index (κ2) is 6.68. The van der Waals surface area contributed by atoms with Crippen LogP contribution < -0.4 is 5.32 Å². The number of hydrogen-bond donors (Lipinski definition) is 1. The number of aromatic nitrogens is 4. The van der Waals surface area contributed by atoms with Gasteiger partial charge in [0.05, 0.1) is 0 Å². The van der Waals surface area contributed by atoms with Crippen LogP contribution in [0.2, 0.25) is 0 Å². The van der Waals surface area contributed by atoms with E-state index in [2.05, 4.69) is 31.4 Å². The van der Waals surface area contributed by atoms with E-state index in [0.29, 0.717) is 19.5 Å². The van der Waals surface area contributed by atoms with Crippen molar-refractivity contribution in [2.24, 2.45) is 0 Å². The van der Waals surface area contributed by atoms with Crippen LogP contribution in [0.25, 0.3) is 16.6 Å². The highest BCUT2D eigenvalue weighted by Crippen LogP contribution is 2.24. The third-order valence-corrected chi connectivity index (χ3v) is 4.82. The molecule has 0 aliphatic carbocycles. The molecule has 4 rings (SSSR count). The quantitative estimate of drug-likeness (QED) is 0.563. The van der Waals surface area contributed by atoms with Gasteiger partial charge in [0.15, 0.2) is 5.65 Å². The highest BCUT2D eigenvalue weighted by atomic mass is 79.9. The van der Waals surface area contributed by atoms with Crippen molar-refractivity contribution in [3.63, 3.8) is 0 Å². The first-order valence-corrected chi connectivity index (χ1v) is 8.80. The summed E-state index contributed by atoms with van der Waals surface area (Å²) in [4.78, 5) is 12.2. The molecule has 25 heavy (non-hydrogen) atoms. The summed E-state index contributed by atoms with van der Waals surface area (Å²) in [6, 6.07) is 13.8. The van der Waals surface area contributed by atoms with Crippen LogP contribution in [0.5, 0.6) is 0 Å². The minimum Gasteiger partial charge on any atom is -0.354 e. The molecule has 4 aromatic rings. The monoisotopic (exact) mass is 397 g/mol. The van der Waals surface area contributed by atoms with Gasteiger partial charge in [-0.3, -0.25) is 9.20 Å². The fraction of sp³-hybridized carbons (Fsp3) is 0.167. The molecule has 3 heterocycles. The number of fused-ring (bicyclic) bond motifs is 2. The number of halogens is 1. The van der Waals surface area contributed by atoms with E-state index in [9.17, 15) is 4.79 Å². The Hall–Kier alpha value is -2.67. The molecule has 0 aliphatic heterocycles. The van der Waals surface area contributed by atoms with Crippen molar-refractivity contribution >= 4 is 38.4 Å². The maximum Gasteiger partial charge on any atom is 0.239 e. The molecule has 0 saturated heterocycles. The van der Waals surface area contributed by atoms with E-state index >= 15 is 0 Å². The number of amides is 1. The first kappa shape index (κ1) is 15.8. The van der Waals surface area contributed by atoms with Crippen molar-refractivity contribution in [3.8, 4) is 0 Å². The molecule has 1 amide bonds. The van der Waals surface area contributed by atoms with Crippen LogP contribution >= 0.6 is 15.9 Å². The Morgan fingerprint density at radius 2 is 2.00 bits per heavy atom. The lowest BCUT2D eigenvalue weighted by atomic mass is 10.2. The van der Waals surface area contributed by atoms with Gasteiger partial charge in [-0.1, -0.05) is 28.1 Å². The Morgan fingerprint density at radius 3 is 2.92 bits per heavy atom. The summed E-state index contributed by atoms with van der Waals surface area (Å²) in [6.07, 6.45) is 4.49. The Morgan fingerprint density at radius 1 is 1.08 bits per heavy atom. The smallest absolute Gasteiger partial charge is 0.239 e. The SMILES string of the molecule is O=C(Cn1ccc2c(Br)cccc21)NCCc1nnc2ccccn12. The van der Waals surface area contributed by atoms with Crippen LogP contribution in [-0.2, 0) is 17.8 Å². The van der Waals surface area contributed by atoms with Gasteiger partial charge in [0.25, 0.3) is 0 Å².